The molecule has 0 aliphatic heterocycles. The van der Waals surface area contributed by atoms with Crippen molar-refractivity contribution in [3.8, 4) is 0 Å². The molecule has 1 aliphatic rings. The molecule has 0 spiro atoms. The molecule has 102 valence electrons. The zero-order chi connectivity index (χ0) is 13.4. The van der Waals surface area contributed by atoms with Gasteiger partial charge in [-0.1, -0.05) is 19.1 Å². The Kier molecular flexibility index (Phi) is 6.47. The lowest BCUT2D eigenvalue weighted by atomic mass is 9.93. The fraction of sp³-hybridized carbons (Fsp3) is 0.714. The summed E-state index contributed by atoms with van der Waals surface area (Å²) in [6.07, 6.45) is 7.66. The van der Waals surface area contributed by atoms with Crippen molar-refractivity contribution < 1.29 is 14.3 Å². The van der Waals surface area contributed by atoms with Crippen LogP contribution in [0, 0.1) is 5.92 Å². The summed E-state index contributed by atoms with van der Waals surface area (Å²) in [7, 11) is 0. The second-order valence-corrected chi connectivity index (χ2v) is 4.55. The van der Waals surface area contributed by atoms with Crippen molar-refractivity contribution in [1.82, 2.24) is 4.90 Å². The number of carbonyl (C=O) groups excluding carboxylic acids is 2. The van der Waals surface area contributed by atoms with E-state index in [1.54, 1.807) is 11.8 Å². The Bertz CT molecular complexity index is 312. The van der Waals surface area contributed by atoms with Crippen LogP contribution in [0.2, 0.25) is 0 Å². The smallest absolute Gasteiger partial charge is 0.325 e. The maximum Gasteiger partial charge on any atom is 0.325 e. The van der Waals surface area contributed by atoms with E-state index in [1.165, 1.54) is 0 Å². The van der Waals surface area contributed by atoms with E-state index in [4.69, 9.17) is 4.74 Å². The molecule has 0 saturated heterocycles. The van der Waals surface area contributed by atoms with Gasteiger partial charge in [0, 0.05) is 12.5 Å². The van der Waals surface area contributed by atoms with Gasteiger partial charge in [0.05, 0.1) is 6.61 Å². The molecular weight excluding hydrogens is 230 g/mol. The molecule has 0 bridgehead atoms. The number of ether oxygens (including phenoxy) is 1. The molecule has 0 aromatic carbocycles. The number of amides is 1. The van der Waals surface area contributed by atoms with Gasteiger partial charge in [-0.05, 0) is 32.6 Å². The highest BCUT2D eigenvalue weighted by Gasteiger charge is 2.25. The second-order valence-electron chi connectivity index (χ2n) is 4.55. The van der Waals surface area contributed by atoms with E-state index in [0.717, 1.165) is 25.7 Å². The van der Waals surface area contributed by atoms with E-state index in [0.29, 0.717) is 13.2 Å². The van der Waals surface area contributed by atoms with Crippen LogP contribution < -0.4 is 0 Å². The summed E-state index contributed by atoms with van der Waals surface area (Å²) in [6.45, 7) is 4.85. The van der Waals surface area contributed by atoms with Crippen LogP contribution in [0.15, 0.2) is 12.2 Å². The van der Waals surface area contributed by atoms with Crippen molar-refractivity contribution in [1.29, 1.82) is 0 Å². The fourth-order valence-electron chi connectivity index (χ4n) is 2.18. The van der Waals surface area contributed by atoms with Crippen molar-refractivity contribution in [2.45, 2.75) is 39.5 Å². The first-order valence-corrected chi connectivity index (χ1v) is 6.78. The van der Waals surface area contributed by atoms with Crippen LogP contribution in [0.4, 0.5) is 0 Å². The lowest BCUT2D eigenvalue weighted by Gasteiger charge is -2.26. The first kappa shape index (κ1) is 14.7. The highest BCUT2D eigenvalue weighted by molar-refractivity contribution is 5.83. The Morgan fingerprint density at radius 1 is 1.33 bits per heavy atom. The Hall–Kier alpha value is -1.32. The van der Waals surface area contributed by atoms with Gasteiger partial charge in [0.25, 0.3) is 0 Å². The molecular formula is C14H23NO3. The summed E-state index contributed by atoms with van der Waals surface area (Å²) in [5.41, 5.74) is 0. The Morgan fingerprint density at radius 3 is 2.67 bits per heavy atom. The zero-order valence-corrected chi connectivity index (χ0v) is 11.4. The monoisotopic (exact) mass is 253 g/mol. The van der Waals surface area contributed by atoms with Crippen LogP contribution in [0.5, 0.6) is 0 Å². The zero-order valence-electron chi connectivity index (χ0n) is 11.4. The highest BCUT2D eigenvalue weighted by Crippen LogP contribution is 2.20. The molecule has 1 amide bonds. The van der Waals surface area contributed by atoms with Gasteiger partial charge in [-0.3, -0.25) is 9.59 Å². The molecule has 18 heavy (non-hydrogen) atoms. The molecule has 0 radical (unpaired) electrons. The highest BCUT2D eigenvalue weighted by atomic mass is 16.5. The SMILES string of the molecule is CCCN(CC(=O)OCC)C(=O)C1CC=CCC1. The maximum atomic E-state index is 12.3. The molecule has 4 heteroatoms. The molecule has 0 fully saturated rings. The lowest BCUT2D eigenvalue weighted by molar-refractivity contribution is -0.150. The minimum absolute atomic E-state index is 0.0379. The number of hydrogen-bond donors (Lipinski definition) is 0. The van der Waals surface area contributed by atoms with Gasteiger partial charge in [-0.2, -0.15) is 0 Å². The van der Waals surface area contributed by atoms with Crippen LogP contribution in [0.1, 0.15) is 39.5 Å². The number of nitrogens with zero attached hydrogens (tertiary/aromatic N) is 1. The molecule has 0 aromatic rings. The average molecular weight is 253 g/mol. The van der Waals surface area contributed by atoms with E-state index in [2.05, 4.69) is 12.2 Å². The average Bonchev–Trinajstić information content (AvgIpc) is 2.39. The maximum absolute atomic E-state index is 12.3. The molecule has 4 nitrogen and oxygen atoms in total. The van der Waals surface area contributed by atoms with Gasteiger partial charge >= 0.3 is 5.97 Å². The molecule has 0 aromatic heterocycles. The molecule has 0 saturated carbocycles. The summed E-state index contributed by atoms with van der Waals surface area (Å²) >= 11 is 0. The first-order chi connectivity index (χ1) is 8.69. The normalized spacial score (nSPS) is 18.4. The van der Waals surface area contributed by atoms with Crippen LogP contribution in [0.25, 0.3) is 0 Å². The van der Waals surface area contributed by atoms with Crippen LogP contribution in [0.3, 0.4) is 0 Å². The topological polar surface area (TPSA) is 46.6 Å². The molecule has 1 rings (SSSR count). The van der Waals surface area contributed by atoms with Crippen LogP contribution in [-0.4, -0.2) is 36.5 Å². The van der Waals surface area contributed by atoms with Crippen molar-refractivity contribution in [3.63, 3.8) is 0 Å². The summed E-state index contributed by atoms with van der Waals surface area (Å²) in [5.74, 6) is -0.184. The van der Waals surface area contributed by atoms with Crippen molar-refractivity contribution in [3.05, 3.63) is 12.2 Å². The minimum atomic E-state index is -0.314. The molecule has 1 atom stereocenters. The molecule has 0 N–H and O–H groups in total. The summed E-state index contributed by atoms with van der Waals surface area (Å²) < 4.78 is 4.91. The third kappa shape index (κ3) is 4.51. The third-order valence-electron chi connectivity index (χ3n) is 3.05. The summed E-state index contributed by atoms with van der Waals surface area (Å²) in [5, 5.41) is 0. The van der Waals surface area contributed by atoms with E-state index in [9.17, 15) is 9.59 Å². The first-order valence-electron chi connectivity index (χ1n) is 6.78. The largest absolute Gasteiger partial charge is 0.465 e. The van der Waals surface area contributed by atoms with E-state index in [1.807, 2.05) is 6.92 Å². The predicted octanol–water partition coefficient (Wildman–Crippen LogP) is 2.14. The van der Waals surface area contributed by atoms with Crippen molar-refractivity contribution >= 4 is 11.9 Å². The Labute approximate surface area is 109 Å². The van der Waals surface area contributed by atoms with Gasteiger partial charge in [0.1, 0.15) is 6.54 Å². The third-order valence-corrected chi connectivity index (χ3v) is 3.05. The van der Waals surface area contributed by atoms with Gasteiger partial charge in [-0.25, -0.2) is 0 Å². The van der Waals surface area contributed by atoms with Crippen molar-refractivity contribution in [2.24, 2.45) is 5.92 Å². The van der Waals surface area contributed by atoms with E-state index in [-0.39, 0.29) is 24.3 Å². The predicted molar refractivity (Wildman–Crippen MR) is 70.0 cm³/mol. The Morgan fingerprint density at radius 2 is 2.11 bits per heavy atom. The standard InChI is InChI=1S/C14H23NO3/c1-3-10-15(11-13(16)18-4-2)14(17)12-8-6-5-7-9-12/h5-6,12H,3-4,7-11H2,1-2H3. The van der Waals surface area contributed by atoms with E-state index >= 15 is 0 Å². The number of hydrogen-bond acceptors (Lipinski definition) is 3. The van der Waals surface area contributed by atoms with Crippen LogP contribution >= 0.6 is 0 Å². The van der Waals surface area contributed by atoms with E-state index < -0.39 is 0 Å². The lowest BCUT2D eigenvalue weighted by Crippen LogP contribution is -2.41. The number of allylic oxidation sites excluding steroid dienone is 2. The molecule has 1 unspecified atom stereocenters. The van der Waals surface area contributed by atoms with Gasteiger partial charge < -0.3 is 9.64 Å². The van der Waals surface area contributed by atoms with Crippen molar-refractivity contribution in [2.75, 3.05) is 19.7 Å². The van der Waals surface area contributed by atoms with Gasteiger partial charge in [0.15, 0.2) is 0 Å². The molecule has 0 heterocycles. The second kappa shape index (κ2) is 7.90. The summed E-state index contributed by atoms with van der Waals surface area (Å²) in [6, 6.07) is 0. The number of rotatable bonds is 6. The quantitative estimate of drug-likeness (QED) is 0.538. The van der Waals surface area contributed by atoms with Gasteiger partial charge in [0.2, 0.25) is 5.91 Å². The fourth-order valence-corrected chi connectivity index (χ4v) is 2.18. The summed E-state index contributed by atoms with van der Waals surface area (Å²) in [4.78, 5) is 25.4. The van der Waals surface area contributed by atoms with Gasteiger partial charge in [-0.15, -0.1) is 0 Å². The number of esters is 1. The minimum Gasteiger partial charge on any atom is -0.465 e. The Balaban J connectivity index is 2.56. The number of carbonyl (C=O) groups is 2. The van der Waals surface area contributed by atoms with Crippen LogP contribution in [-0.2, 0) is 14.3 Å². The molecule has 1 aliphatic carbocycles.